The van der Waals surface area contributed by atoms with Gasteiger partial charge in [-0.25, -0.2) is 9.61 Å². The van der Waals surface area contributed by atoms with E-state index < -0.39 is 0 Å². The third-order valence-corrected chi connectivity index (χ3v) is 5.84. The summed E-state index contributed by atoms with van der Waals surface area (Å²) in [4.78, 5) is 24.5. The van der Waals surface area contributed by atoms with Crippen LogP contribution in [0.5, 0.6) is 0 Å². The molecule has 31 heavy (non-hydrogen) atoms. The number of carbonyl (C=O) groups is 1. The lowest BCUT2D eigenvalue weighted by Gasteiger charge is -2.06. The Bertz CT molecular complexity index is 1250. The van der Waals surface area contributed by atoms with Crippen LogP contribution in [0.4, 0.5) is 0 Å². The maximum atomic E-state index is 12.2. The molecule has 0 atom stereocenters. The Kier molecular flexibility index (Phi) is 6.18. The van der Waals surface area contributed by atoms with Crippen LogP contribution in [0.25, 0.3) is 16.8 Å². The molecule has 4 aromatic rings. The highest BCUT2D eigenvalue weighted by atomic mass is 32.2. The number of fused-ring (bicyclic) bond motifs is 1. The van der Waals surface area contributed by atoms with Crippen molar-refractivity contribution in [3.05, 3.63) is 82.1 Å². The molecule has 4 rings (SSSR count). The number of nitrogens with zero attached hydrogens (tertiary/aromatic N) is 3. The molecule has 2 aromatic carbocycles. The van der Waals surface area contributed by atoms with Gasteiger partial charge in [-0.15, -0.1) is 5.10 Å². The lowest BCUT2D eigenvalue weighted by Crippen LogP contribution is -2.25. The number of hydrogen-bond acceptors (Lipinski definition) is 5. The molecule has 0 saturated heterocycles. The van der Waals surface area contributed by atoms with E-state index in [4.69, 9.17) is 0 Å². The molecule has 2 heterocycles. The molecular weight excluding hydrogens is 410 g/mol. The summed E-state index contributed by atoms with van der Waals surface area (Å²) in [6.45, 7) is 4.75. The van der Waals surface area contributed by atoms with Gasteiger partial charge in [-0.3, -0.25) is 9.59 Å². The number of H-pyrrole nitrogens is 1. The fourth-order valence-corrected chi connectivity index (χ4v) is 3.88. The molecule has 0 aliphatic heterocycles. The van der Waals surface area contributed by atoms with Crippen molar-refractivity contribution in [2.45, 2.75) is 31.5 Å². The van der Waals surface area contributed by atoms with E-state index in [2.05, 4.69) is 46.6 Å². The van der Waals surface area contributed by atoms with E-state index in [1.165, 1.54) is 21.8 Å². The molecule has 2 N–H and O–H groups in total. The predicted octanol–water partition coefficient (Wildman–Crippen LogP) is 3.62. The van der Waals surface area contributed by atoms with Crippen molar-refractivity contribution in [3.8, 4) is 11.3 Å². The summed E-state index contributed by atoms with van der Waals surface area (Å²) in [6.07, 6.45) is 0. The van der Waals surface area contributed by atoms with Gasteiger partial charge in [0, 0.05) is 12.1 Å². The topological polar surface area (TPSA) is 92.1 Å². The van der Waals surface area contributed by atoms with Crippen LogP contribution in [0.1, 0.15) is 30.9 Å². The summed E-state index contributed by atoms with van der Waals surface area (Å²) in [5.74, 6) is 0.490. The van der Waals surface area contributed by atoms with E-state index in [-0.39, 0.29) is 17.2 Å². The van der Waals surface area contributed by atoms with Gasteiger partial charge in [0.25, 0.3) is 5.56 Å². The Morgan fingerprint density at radius 3 is 2.58 bits per heavy atom. The minimum absolute atomic E-state index is 0.119. The number of benzene rings is 2. The van der Waals surface area contributed by atoms with Crippen LogP contribution in [0, 0.1) is 0 Å². The Balaban J connectivity index is 1.50. The summed E-state index contributed by atoms with van der Waals surface area (Å²) in [5, 5.41) is 14.5. The van der Waals surface area contributed by atoms with Crippen molar-refractivity contribution in [2.75, 3.05) is 5.75 Å². The van der Waals surface area contributed by atoms with Gasteiger partial charge in [-0.2, -0.15) is 5.10 Å². The Morgan fingerprint density at radius 1 is 1.13 bits per heavy atom. The number of rotatable bonds is 7. The standard InChI is InChI=1S/C23H23N5O2S/c1-15(2)17-8-10-18(11-9-17)19-12-20-22(30)25-26-23(28(20)27-19)31-14-21(29)24-13-16-6-4-3-5-7-16/h3-12,15H,13-14H2,1-2H3,(H,24,29)(H,25,30). The first-order valence-corrected chi connectivity index (χ1v) is 11.0. The highest BCUT2D eigenvalue weighted by Gasteiger charge is 2.14. The van der Waals surface area contributed by atoms with E-state index in [0.717, 1.165) is 11.1 Å². The predicted molar refractivity (Wildman–Crippen MR) is 122 cm³/mol. The van der Waals surface area contributed by atoms with E-state index in [0.29, 0.717) is 28.8 Å². The number of hydrogen-bond donors (Lipinski definition) is 2. The zero-order valence-electron chi connectivity index (χ0n) is 17.3. The van der Waals surface area contributed by atoms with Crippen molar-refractivity contribution < 1.29 is 4.79 Å². The number of thioether (sulfide) groups is 1. The van der Waals surface area contributed by atoms with E-state index in [1.807, 2.05) is 42.5 Å². The molecule has 158 valence electrons. The minimum Gasteiger partial charge on any atom is -0.351 e. The van der Waals surface area contributed by atoms with Crippen molar-refractivity contribution in [3.63, 3.8) is 0 Å². The molecule has 7 nitrogen and oxygen atoms in total. The van der Waals surface area contributed by atoms with Gasteiger partial charge >= 0.3 is 0 Å². The van der Waals surface area contributed by atoms with Gasteiger partial charge in [0.05, 0.1) is 11.4 Å². The molecule has 0 saturated carbocycles. The molecule has 0 radical (unpaired) electrons. The largest absolute Gasteiger partial charge is 0.351 e. The lowest BCUT2D eigenvalue weighted by molar-refractivity contribution is -0.118. The summed E-state index contributed by atoms with van der Waals surface area (Å²) in [7, 11) is 0. The first-order valence-electron chi connectivity index (χ1n) is 10.0. The van der Waals surface area contributed by atoms with Crippen LogP contribution in [0.2, 0.25) is 0 Å². The SMILES string of the molecule is CC(C)c1ccc(-c2cc3c(=O)[nH]nc(SCC(=O)NCc4ccccc4)n3n2)cc1. The Hall–Kier alpha value is -3.39. The summed E-state index contributed by atoms with van der Waals surface area (Å²) >= 11 is 1.22. The molecule has 0 unspecified atom stereocenters. The van der Waals surface area contributed by atoms with Crippen LogP contribution in [-0.2, 0) is 11.3 Å². The third kappa shape index (κ3) is 4.86. The maximum Gasteiger partial charge on any atom is 0.290 e. The summed E-state index contributed by atoms with van der Waals surface area (Å²) in [6, 6.07) is 19.6. The first-order chi connectivity index (χ1) is 15.0. The second-order valence-electron chi connectivity index (χ2n) is 7.49. The molecule has 0 spiro atoms. The quantitative estimate of drug-likeness (QED) is 0.434. The van der Waals surface area contributed by atoms with Gasteiger partial charge in [0.2, 0.25) is 11.1 Å². The number of amides is 1. The van der Waals surface area contributed by atoms with Crippen LogP contribution < -0.4 is 10.9 Å². The van der Waals surface area contributed by atoms with Crippen LogP contribution in [-0.4, -0.2) is 31.5 Å². The Labute approximate surface area is 183 Å². The normalized spacial score (nSPS) is 11.2. The second kappa shape index (κ2) is 9.18. The van der Waals surface area contributed by atoms with E-state index in [9.17, 15) is 9.59 Å². The molecule has 2 aromatic heterocycles. The fraction of sp³-hybridized carbons (Fsp3) is 0.217. The summed E-state index contributed by atoms with van der Waals surface area (Å²) < 4.78 is 1.50. The Morgan fingerprint density at radius 2 is 1.87 bits per heavy atom. The monoisotopic (exact) mass is 433 g/mol. The second-order valence-corrected chi connectivity index (χ2v) is 8.43. The van der Waals surface area contributed by atoms with Crippen LogP contribution in [0.15, 0.2) is 70.6 Å². The highest BCUT2D eigenvalue weighted by molar-refractivity contribution is 7.99. The van der Waals surface area contributed by atoms with Crippen molar-refractivity contribution in [1.82, 2.24) is 25.1 Å². The van der Waals surface area contributed by atoms with Crippen molar-refractivity contribution in [1.29, 1.82) is 0 Å². The van der Waals surface area contributed by atoms with E-state index in [1.54, 1.807) is 6.07 Å². The summed E-state index contributed by atoms with van der Waals surface area (Å²) in [5.41, 5.74) is 3.95. The third-order valence-electron chi connectivity index (χ3n) is 4.91. The van der Waals surface area contributed by atoms with Crippen molar-refractivity contribution in [2.24, 2.45) is 0 Å². The van der Waals surface area contributed by atoms with E-state index >= 15 is 0 Å². The number of carbonyl (C=O) groups excluding carboxylic acids is 1. The zero-order chi connectivity index (χ0) is 21.8. The number of aromatic nitrogens is 4. The molecule has 0 bridgehead atoms. The van der Waals surface area contributed by atoms with Gasteiger partial charge < -0.3 is 5.32 Å². The average molecular weight is 434 g/mol. The van der Waals surface area contributed by atoms with Crippen LogP contribution >= 0.6 is 11.8 Å². The van der Waals surface area contributed by atoms with Gasteiger partial charge in [0.1, 0.15) is 5.52 Å². The zero-order valence-corrected chi connectivity index (χ0v) is 18.1. The molecule has 0 aliphatic rings. The minimum atomic E-state index is -0.324. The fourth-order valence-electron chi connectivity index (χ4n) is 3.14. The van der Waals surface area contributed by atoms with Crippen molar-refractivity contribution >= 4 is 23.2 Å². The average Bonchev–Trinajstić information content (AvgIpc) is 3.24. The number of nitrogens with one attached hydrogen (secondary N) is 2. The van der Waals surface area contributed by atoms with Crippen LogP contribution in [0.3, 0.4) is 0 Å². The smallest absolute Gasteiger partial charge is 0.290 e. The molecular formula is C23H23N5O2S. The maximum absolute atomic E-state index is 12.2. The molecule has 8 heteroatoms. The first kappa shape index (κ1) is 20.9. The van der Waals surface area contributed by atoms with Gasteiger partial charge in [-0.05, 0) is 23.1 Å². The highest BCUT2D eigenvalue weighted by Crippen LogP contribution is 2.23. The number of aromatic amines is 1. The lowest BCUT2D eigenvalue weighted by atomic mass is 10.0. The van der Waals surface area contributed by atoms with Gasteiger partial charge in [0.15, 0.2) is 0 Å². The molecule has 0 aliphatic carbocycles. The molecule has 1 amide bonds. The molecule has 0 fully saturated rings. The van der Waals surface area contributed by atoms with Gasteiger partial charge in [-0.1, -0.05) is 80.2 Å².